The van der Waals surface area contributed by atoms with Crippen LogP contribution in [0.15, 0.2) is 17.2 Å². The first kappa shape index (κ1) is 20.4. The fourth-order valence-corrected chi connectivity index (χ4v) is 5.94. The Balaban J connectivity index is 1.78. The third-order valence-corrected chi connectivity index (χ3v) is 7.59. The lowest BCUT2D eigenvalue weighted by atomic mass is 9.98. The normalized spacial score (nSPS) is 24.9. The van der Waals surface area contributed by atoms with E-state index in [0.717, 1.165) is 45.3 Å². The summed E-state index contributed by atoms with van der Waals surface area (Å²) in [5.41, 5.74) is 0.448. The zero-order chi connectivity index (χ0) is 19.6. The molecule has 0 aromatic carbocycles. The summed E-state index contributed by atoms with van der Waals surface area (Å²) < 4.78 is 29.2. The topological polar surface area (TPSA) is 74.7 Å². The van der Waals surface area contributed by atoms with Crippen molar-refractivity contribution in [3.05, 3.63) is 18.0 Å². The van der Waals surface area contributed by atoms with Crippen LogP contribution < -0.4 is 5.32 Å². The molecule has 2 unspecified atom stereocenters. The lowest BCUT2D eigenvalue weighted by Gasteiger charge is -2.32. The number of sulfonamides is 1. The molecule has 0 radical (unpaired) electrons. The highest BCUT2D eigenvalue weighted by Gasteiger charge is 2.32. The van der Waals surface area contributed by atoms with E-state index < -0.39 is 10.0 Å². The number of carbonyl (C=O) groups excluding carboxylic acids is 1. The molecule has 1 amide bonds. The standard InChI is InChI=1S/C19H32N4O3S/c1-15-6-4-9-23(12-15)27(25,26)17-10-18(21(3)14-17)19(24)22-8-5-7-16(13-22)11-20-2/h10,14-16,20H,4-9,11-13H2,1-3H3. The first-order valence-corrected chi connectivity index (χ1v) is 11.4. The second-order valence-electron chi connectivity index (χ2n) is 8.10. The van der Waals surface area contributed by atoms with E-state index in [2.05, 4.69) is 12.2 Å². The fourth-order valence-electron chi connectivity index (χ4n) is 4.27. The predicted octanol–water partition coefficient (Wildman–Crippen LogP) is 1.52. The number of nitrogens with zero attached hydrogens (tertiary/aromatic N) is 3. The maximum Gasteiger partial charge on any atom is 0.270 e. The number of nitrogens with one attached hydrogen (secondary N) is 1. The third kappa shape index (κ3) is 4.38. The molecule has 0 aliphatic carbocycles. The van der Waals surface area contributed by atoms with E-state index in [1.165, 1.54) is 0 Å². The summed E-state index contributed by atoms with van der Waals surface area (Å²) >= 11 is 0. The van der Waals surface area contributed by atoms with Gasteiger partial charge in [-0.2, -0.15) is 4.31 Å². The number of rotatable bonds is 5. The molecule has 8 heteroatoms. The molecule has 7 nitrogen and oxygen atoms in total. The van der Waals surface area contributed by atoms with Crippen molar-refractivity contribution in [2.45, 2.75) is 37.5 Å². The zero-order valence-corrected chi connectivity index (χ0v) is 17.5. The van der Waals surface area contributed by atoms with Crippen LogP contribution in [0.1, 0.15) is 43.1 Å². The molecule has 1 N–H and O–H groups in total. The first-order chi connectivity index (χ1) is 12.8. The highest BCUT2D eigenvalue weighted by atomic mass is 32.2. The minimum atomic E-state index is -3.55. The van der Waals surface area contributed by atoms with Gasteiger partial charge in [0, 0.05) is 39.4 Å². The molecule has 2 saturated heterocycles. The Kier molecular flexibility index (Phi) is 6.28. The molecule has 2 aliphatic rings. The molecule has 27 heavy (non-hydrogen) atoms. The molecule has 0 spiro atoms. The summed E-state index contributed by atoms with van der Waals surface area (Å²) in [5.74, 6) is 0.744. The second-order valence-corrected chi connectivity index (χ2v) is 10.0. The van der Waals surface area contributed by atoms with Gasteiger partial charge in [-0.1, -0.05) is 6.92 Å². The Morgan fingerprint density at radius 3 is 2.67 bits per heavy atom. The highest BCUT2D eigenvalue weighted by Crippen LogP contribution is 2.26. The number of aryl methyl sites for hydroxylation is 1. The summed E-state index contributed by atoms with van der Waals surface area (Å²) in [7, 11) is 0.129. The minimum absolute atomic E-state index is 0.0771. The average molecular weight is 397 g/mol. The molecule has 3 heterocycles. The quantitative estimate of drug-likeness (QED) is 0.819. The summed E-state index contributed by atoms with van der Waals surface area (Å²) in [4.78, 5) is 15.1. The lowest BCUT2D eigenvalue weighted by molar-refractivity contribution is 0.0664. The molecule has 0 bridgehead atoms. The Labute approximate surface area is 162 Å². The van der Waals surface area contributed by atoms with Crippen LogP contribution in [-0.2, 0) is 17.1 Å². The number of amides is 1. The second kappa shape index (κ2) is 8.32. The maximum atomic E-state index is 13.0. The summed E-state index contributed by atoms with van der Waals surface area (Å²) in [6.07, 6.45) is 5.63. The van der Waals surface area contributed by atoms with Crippen molar-refractivity contribution in [1.29, 1.82) is 0 Å². The van der Waals surface area contributed by atoms with Gasteiger partial charge in [0.15, 0.2) is 0 Å². The van der Waals surface area contributed by atoms with E-state index in [1.54, 1.807) is 28.2 Å². The number of aromatic nitrogens is 1. The van der Waals surface area contributed by atoms with Crippen LogP contribution in [0.2, 0.25) is 0 Å². The number of hydrogen-bond donors (Lipinski definition) is 1. The van der Waals surface area contributed by atoms with Crippen LogP contribution in [-0.4, -0.2) is 67.9 Å². The van der Waals surface area contributed by atoms with Crippen molar-refractivity contribution in [3.63, 3.8) is 0 Å². The largest absolute Gasteiger partial charge is 0.345 e. The van der Waals surface area contributed by atoms with Gasteiger partial charge in [-0.25, -0.2) is 8.42 Å². The maximum absolute atomic E-state index is 13.0. The molecule has 1 aromatic rings. The molecule has 2 aliphatic heterocycles. The minimum Gasteiger partial charge on any atom is -0.345 e. The molecular weight excluding hydrogens is 364 g/mol. The lowest BCUT2D eigenvalue weighted by Crippen LogP contribution is -2.43. The van der Waals surface area contributed by atoms with Gasteiger partial charge in [0.2, 0.25) is 10.0 Å². The van der Waals surface area contributed by atoms with Gasteiger partial charge in [0.05, 0.1) is 0 Å². The van der Waals surface area contributed by atoms with E-state index in [0.29, 0.717) is 30.6 Å². The molecule has 2 atom stereocenters. The molecule has 152 valence electrons. The van der Waals surface area contributed by atoms with Crippen LogP contribution in [0, 0.1) is 11.8 Å². The molecule has 1 aromatic heterocycles. The van der Waals surface area contributed by atoms with Crippen molar-refractivity contribution in [1.82, 2.24) is 19.1 Å². The Bertz CT molecular complexity index is 772. The van der Waals surface area contributed by atoms with Gasteiger partial charge in [-0.05, 0) is 57.2 Å². The fraction of sp³-hybridized carbons (Fsp3) is 0.737. The summed E-state index contributed by atoms with van der Waals surface area (Å²) in [6.45, 7) is 5.54. The van der Waals surface area contributed by atoms with Crippen molar-refractivity contribution in [2.24, 2.45) is 18.9 Å². The van der Waals surface area contributed by atoms with E-state index in [1.807, 2.05) is 11.9 Å². The average Bonchev–Trinajstić information content (AvgIpc) is 3.04. The number of hydrogen-bond acceptors (Lipinski definition) is 4. The molecule has 2 fully saturated rings. The van der Waals surface area contributed by atoms with E-state index in [-0.39, 0.29) is 10.8 Å². The van der Waals surface area contributed by atoms with E-state index in [4.69, 9.17) is 0 Å². The summed E-state index contributed by atoms with van der Waals surface area (Å²) in [6, 6.07) is 1.55. The zero-order valence-electron chi connectivity index (χ0n) is 16.6. The Morgan fingerprint density at radius 1 is 1.22 bits per heavy atom. The van der Waals surface area contributed by atoms with Gasteiger partial charge in [0.25, 0.3) is 5.91 Å². The van der Waals surface area contributed by atoms with Crippen LogP contribution >= 0.6 is 0 Å². The van der Waals surface area contributed by atoms with Gasteiger partial charge < -0.3 is 14.8 Å². The third-order valence-electron chi connectivity index (χ3n) is 5.76. The number of piperidine rings is 2. The van der Waals surface area contributed by atoms with Crippen molar-refractivity contribution in [2.75, 3.05) is 39.8 Å². The van der Waals surface area contributed by atoms with Gasteiger partial charge in [-0.3, -0.25) is 4.79 Å². The van der Waals surface area contributed by atoms with Crippen LogP contribution in [0.25, 0.3) is 0 Å². The first-order valence-electron chi connectivity index (χ1n) is 9.93. The predicted molar refractivity (Wildman–Crippen MR) is 105 cm³/mol. The van der Waals surface area contributed by atoms with E-state index >= 15 is 0 Å². The van der Waals surface area contributed by atoms with Gasteiger partial charge in [0.1, 0.15) is 10.6 Å². The Hall–Kier alpha value is -1.38. The van der Waals surface area contributed by atoms with Crippen molar-refractivity contribution < 1.29 is 13.2 Å². The van der Waals surface area contributed by atoms with Crippen molar-refractivity contribution in [3.8, 4) is 0 Å². The smallest absolute Gasteiger partial charge is 0.270 e. The number of likely N-dealkylation sites (tertiary alicyclic amines) is 1. The van der Waals surface area contributed by atoms with Crippen LogP contribution in [0.5, 0.6) is 0 Å². The SMILES string of the molecule is CNCC1CCCN(C(=O)c2cc(S(=O)(=O)N3CCCC(C)C3)cn2C)C1. The van der Waals surface area contributed by atoms with E-state index in [9.17, 15) is 13.2 Å². The summed E-state index contributed by atoms with van der Waals surface area (Å²) in [5, 5.41) is 3.18. The van der Waals surface area contributed by atoms with Gasteiger partial charge in [-0.15, -0.1) is 0 Å². The van der Waals surface area contributed by atoms with Gasteiger partial charge >= 0.3 is 0 Å². The highest BCUT2D eigenvalue weighted by molar-refractivity contribution is 7.89. The molecule has 0 saturated carbocycles. The monoisotopic (exact) mass is 396 g/mol. The molecular formula is C19H32N4O3S. The van der Waals surface area contributed by atoms with Crippen molar-refractivity contribution >= 4 is 15.9 Å². The Morgan fingerprint density at radius 2 is 1.96 bits per heavy atom. The molecule has 3 rings (SSSR count). The number of carbonyl (C=O) groups is 1. The van der Waals surface area contributed by atoms with Crippen LogP contribution in [0.3, 0.4) is 0 Å². The van der Waals surface area contributed by atoms with Crippen LogP contribution in [0.4, 0.5) is 0 Å².